The van der Waals surface area contributed by atoms with E-state index < -0.39 is 6.10 Å². The zero-order chi connectivity index (χ0) is 14.7. The SMILES string of the molecule is Cl.N[C@H](Cc1ccccc1)[C@@H](O)Cn1cc2ccccc2n1. The Bertz CT molecular complexity index is 681. The van der Waals surface area contributed by atoms with E-state index in [1.807, 2.05) is 60.8 Å². The first-order valence-electron chi connectivity index (χ1n) is 7.12. The van der Waals surface area contributed by atoms with Gasteiger partial charge in [0.1, 0.15) is 0 Å². The standard InChI is InChI=1S/C17H19N3O.ClH/c18-15(10-13-6-2-1-3-7-13)17(21)12-20-11-14-8-4-5-9-16(14)19-20;/h1-9,11,15,17,21H,10,12,18H2;1H/t15-,17+;/m1./s1. The van der Waals surface area contributed by atoms with Crippen molar-refractivity contribution in [1.29, 1.82) is 0 Å². The van der Waals surface area contributed by atoms with Crippen LogP contribution >= 0.6 is 12.4 Å². The van der Waals surface area contributed by atoms with Gasteiger partial charge in [0.2, 0.25) is 0 Å². The van der Waals surface area contributed by atoms with E-state index in [1.54, 1.807) is 4.68 Å². The molecule has 1 heterocycles. The molecular formula is C17H20ClN3O. The third-order valence-electron chi connectivity index (χ3n) is 3.64. The van der Waals surface area contributed by atoms with Crippen LogP contribution < -0.4 is 5.73 Å². The molecule has 5 heteroatoms. The second-order valence-electron chi connectivity index (χ2n) is 5.33. The second kappa shape index (κ2) is 7.40. The molecule has 0 bridgehead atoms. The third kappa shape index (κ3) is 3.85. The Morgan fingerprint density at radius 2 is 1.73 bits per heavy atom. The molecule has 0 spiro atoms. The summed E-state index contributed by atoms with van der Waals surface area (Å²) in [7, 11) is 0. The first-order valence-corrected chi connectivity index (χ1v) is 7.12. The molecule has 4 nitrogen and oxygen atoms in total. The van der Waals surface area contributed by atoms with Crippen LogP contribution in [0.5, 0.6) is 0 Å². The maximum absolute atomic E-state index is 10.3. The predicted octanol–water partition coefficient (Wildman–Crippen LogP) is 2.39. The minimum Gasteiger partial charge on any atom is -0.390 e. The highest BCUT2D eigenvalue weighted by Crippen LogP contribution is 2.12. The average Bonchev–Trinajstić information content (AvgIpc) is 2.90. The molecular weight excluding hydrogens is 298 g/mol. The fourth-order valence-electron chi connectivity index (χ4n) is 2.46. The van der Waals surface area contributed by atoms with Gasteiger partial charge in [0.05, 0.1) is 18.2 Å². The zero-order valence-corrected chi connectivity index (χ0v) is 13.0. The Morgan fingerprint density at radius 1 is 1.05 bits per heavy atom. The van der Waals surface area contributed by atoms with E-state index in [9.17, 15) is 5.11 Å². The van der Waals surface area contributed by atoms with Gasteiger partial charge in [-0.1, -0.05) is 48.5 Å². The van der Waals surface area contributed by atoms with Crippen LogP contribution in [0.4, 0.5) is 0 Å². The Morgan fingerprint density at radius 3 is 2.45 bits per heavy atom. The van der Waals surface area contributed by atoms with Crippen molar-refractivity contribution in [3.05, 3.63) is 66.4 Å². The molecule has 22 heavy (non-hydrogen) atoms. The molecule has 0 saturated heterocycles. The molecule has 0 fully saturated rings. The normalized spacial score (nSPS) is 13.5. The summed E-state index contributed by atoms with van der Waals surface area (Å²) in [5.74, 6) is 0. The average molecular weight is 318 g/mol. The highest BCUT2D eigenvalue weighted by Gasteiger charge is 2.16. The van der Waals surface area contributed by atoms with Crippen molar-refractivity contribution in [3.8, 4) is 0 Å². The molecule has 0 radical (unpaired) electrons. The lowest BCUT2D eigenvalue weighted by atomic mass is 10.0. The number of aromatic nitrogens is 2. The molecule has 3 N–H and O–H groups in total. The third-order valence-corrected chi connectivity index (χ3v) is 3.64. The summed E-state index contributed by atoms with van der Waals surface area (Å²) in [4.78, 5) is 0. The molecule has 0 aliphatic rings. The van der Waals surface area contributed by atoms with Gasteiger partial charge in [-0.25, -0.2) is 0 Å². The number of nitrogens with two attached hydrogens (primary N) is 1. The Labute approximate surface area is 136 Å². The smallest absolute Gasteiger partial charge is 0.0923 e. The van der Waals surface area contributed by atoms with Gasteiger partial charge in [-0.15, -0.1) is 12.4 Å². The van der Waals surface area contributed by atoms with Crippen LogP contribution in [-0.4, -0.2) is 27.0 Å². The van der Waals surface area contributed by atoms with E-state index in [2.05, 4.69) is 5.10 Å². The Balaban J connectivity index is 0.00000176. The first kappa shape index (κ1) is 16.5. The maximum atomic E-state index is 10.3. The lowest BCUT2D eigenvalue weighted by Gasteiger charge is -2.18. The molecule has 2 atom stereocenters. The fraction of sp³-hybridized carbons (Fsp3) is 0.235. The van der Waals surface area contributed by atoms with E-state index in [4.69, 9.17) is 5.73 Å². The number of hydrogen-bond acceptors (Lipinski definition) is 3. The molecule has 0 unspecified atom stereocenters. The number of fused-ring (bicyclic) bond motifs is 1. The number of halogens is 1. The highest BCUT2D eigenvalue weighted by molar-refractivity contribution is 5.85. The lowest BCUT2D eigenvalue weighted by molar-refractivity contribution is 0.121. The Kier molecular flexibility index (Phi) is 5.55. The van der Waals surface area contributed by atoms with Crippen molar-refractivity contribution in [2.24, 2.45) is 5.73 Å². The quantitative estimate of drug-likeness (QED) is 0.759. The van der Waals surface area contributed by atoms with Crippen LogP contribution in [0, 0.1) is 0 Å². The minimum atomic E-state index is -0.625. The second-order valence-corrected chi connectivity index (χ2v) is 5.33. The van der Waals surface area contributed by atoms with Crippen LogP contribution in [0.1, 0.15) is 5.56 Å². The number of hydrogen-bond donors (Lipinski definition) is 2. The topological polar surface area (TPSA) is 64.1 Å². The van der Waals surface area contributed by atoms with Gasteiger partial charge in [-0.3, -0.25) is 4.68 Å². The molecule has 3 aromatic rings. The fourth-order valence-corrected chi connectivity index (χ4v) is 2.46. The molecule has 0 aliphatic carbocycles. The van der Waals surface area contributed by atoms with Crippen molar-refractivity contribution < 1.29 is 5.11 Å². The van der Waals surface area contributed by atoms with Gasteiger partial charge >= 0.3 is 0 Å². The van der Waals surface area contributed by atoms with Crippen molar-refractivity contribution in [3.63, 3.8) is 0 Å². The predicted molar refractivity (Wildman–Crippen MR) is 91.1 cm³/mol. The van der Waals surface area contributed by atoms with Gasteiger partial charge in [0.25, 0.3) is 0 Å². The van der Waals surface area contributed by atoms with Crippen LogP contribution in [0.2, 0.25) is 0 Å². The van der Waals surface area contributed by atoms with E-state index in [0.29, 0.717) is 13.0 Å². The van der Waals surface area contributed by atoms with Crippen molar-refractivity contribution in [2.75, 3.05) is 0 Å². The molecule has 1 aromatic heterocycles. The van der Waals surface area contributed by atoms with Gasteiger partial charge < -0.3 is 10.8 Å². The molecule has 0 aliphatic heterocycles. The largest absolute Gasteiger partial charge is 0.390 e. The summed E-state index contributed by atoms with van der Waals surface area (Å²) in [5.41, 5.74) is 8.17. The number of aliphatic hydroxyl groups excluding tert-OH is 1. The summed E-state index contributed by atoms with van der Waals surface area (Å²) >= 11 is 0. The minimum absolute atomic E-state index is 0. The summed E-state index contributed by atoms with van der Waals surface area (Å²) in [6.07, 6.45) is 1.97. The summed E-state index contributed by atoms with van der Waals surface area (Å²) < 4.78 is 1.76. The maximum Gasteiger partial charge on any atom is 0.0923 e. The van der Waals surface area contributed by atoms with E-state index >= 15 is 0 Å². The number of rotatable bonds is 5. The van der Waals surface area contributed by atoms with Crippen molar-refractivity contribution >= 4 is 23.3 Å². The molecule has 0 saturated carbocycles. The van der Waals surface area contributed by atoms with Crippen molar-refractivity contribution in [1.82, 2.24) is 9.78 Å². The highest BCUT2D eigenvalue weighted by atomic mass is 35.5. The molecule has 3 rings (SSSR count). The molecule has 0 amide bonds. The zero-order valence-electron chi connectivity index (χ0n) is 12.2. The molecule has 2 aromatic carbocycles. The van der Waals surface area contributed by atoms with Crippen LogP contribution in [0.25, 0.3) is 10.9 Å². The van der Waals surface area contributed by atoms with Gasteiger partial charge in [0, 0.05) is 17.6 Å². The molecule has 116 valence electrons. The lowest BCUT2D eigenvalue weighted by Crippen LogP contribution is -2.39. The van der Waals surface area contributed by atoms with E-state index in [-0.39, 0.29) is 18.4 Å². The summed E-state index contributed by atoms with van der Waals surface area (Å²) in [5, 5.41) is 15.8. The number of nitrogens with zero attached hydrogens (tertiary/aromatic N) is 2. The monoisotopic (exact) mass is 317 g/mol. The van der Waals surface area contributed by atoms with E-state index in [0.717, 1.165) is 16.5 Å². The number of aliphatic hydroxyl groups is 1. The van der Waals surface area contributed by atoms with Gasteiger partial charge in [-0.05, 0) is 18.1 Å². The van der Waals surface area contributed by atoms with Crippen LogP contribution in [0.3, 0.4) is 0 Å². The van der Waals surface area contributed by atoms with Crippen LogP contribution in [0.15, 0.2) is 60.8 Å². The summed E-state index contributed by atoms with van der Waals surface area (Å²) in [6.45, 7) is 0.405. The van der Waals surface area contributed by atoms with E-state index in [1.165, 1.54) is 0 Å². The first-order chi connectivity index (χ1) is 10.2. The van der Waals surface area contributed by atoms with Crippen LogP contribution in [-0.2, 0) is 13.0 Å². The van der Waals surface area contributed by atoms with Gasteiger partial charge in [-0.2, -0.15) is 5.10 Å². The summed E-state index contributed by atoms with van der Waals surface area (Å²) in [6, 6.07) is 17.6. The van der Waals surface area contributed by atoms with Gasteiger partial charge in [0.15, 0.2) is 0 Å². The van der Waals surface area contributed by atoms with Crippen molar-refractivity contribution in [2.45, 2.75) is 25.1 Å². The Hall–Kier alpha value is -1.88. The number of benzene rings is 2.